The highest BCUT2D eigenvalue weighted by molar-refractivity contribution is 7.22. The second-order valence-electron chi connectivity index (χ2n) is 8.81. The minimum absolute atomic E-state index is 0.0397. The summed E-state index contributed by atoms with van der Waals surface area (Å²) >= 11 is 1.50. The van der Waals surface area contributed by atoms with Gasteiger partial charge in [0.2, 0.25) is 0 Å². The second kappa shape index (κ2) is 9.42. The first-order chi connectivity index (χ1) is 18.4. The summed E-state index contributed by atoms with van der Waals surface area (Å²) in [6.07, 6.45) is 3.30. The summed E-state index contributed by atoms with van der Waals surface area (Å²) < 4.78 is 23.7. The molecule has 3 aromatic heterocycles. The highest BCUT2D eigenvalue weighted by Crippen LogP contribution is 2.44. The lowest BCUT2D eigenvalue weighted by atomic mass is 10.1. The van der Waals surface area contributed by atoms with Gasteiger partial charge in [0.25, 0.3) is 6.29 Å². The van der Waals surface area contributed by atoms with Crippen molar-refractivity contribution in [3.8, 4) is 27.8 Å². The van der Waals surface area contributed by atoms with Gasteiger partial charge in [-0.3, -0.25) is 9.88 Å². The molecule has 11 heteroatoms. The number of rotatable bonds is 4. The van der Waals surface area contributed by atoms with Crippen LogP contribution in [0.3, 0.4) is 0 Å². The van der Waals surface area contributed by atoms with Gasteiger partial charge in [-0.05, 0) is 49.7 Å². The molecule has 192 valence electrons. The Balaban J connectivity index is 1.27. The number of pyridine rings is 1. The van der Waals surface area contributed by atoms with Crippen molar-refractivity contribution in [2.45, 2.75) is 20.1 Å². The molecule has 0 spiro atoms. The van der Waals surface area contributed by atoms with Gasteiger partial charge >= 0.3 is 6.09 Å². The van der Waals surface area contributed by atoms with Crippen molar-refractivity contribution in [1.29, 1.82) is 0 Å². The molecule has 2 aromatic carbocycles. The molecule has 0 aliphatic carbocycles. The van der Waals surface area contributed by atoms with E-state index in [1.807, 2.05) is 19.1 Å². The Bertz CT molecular complexity index is 1690. The molecule has 38 heavy (non-hydrogen) atoms. The Labute approximate surface area is 221 Å². The number of fused-ring (bicyclic) bond motifs is 4. The lowest BCUT2D eigenvalue weighted by Crippen LogP contribution is -2.38. The maximum Gasteiger partial charge on any atom is 0.417 e. The largest absolute Gasteiger partial charge is 0.495 e. The first kappa shape index (κ1) is 23.9. The summed E-state index contributed by atoms with van der Waals surface area (Å²) in [6, 6.07) is 9.76. The number of amides is 1. The molecule has 4 heterocycles. The lowest BCUT2D eigenvalue weighted by molar-refractivity contribution is -0.0717. The summed E-state index contributed by atoms with van der Waals surface area (Å²) in [4.78, 5) is 31.7. The van der Waals surface area contributed by atoms with Crippen molar-refractivity contribution in [3.63, 3.8) is 0 Å². The number of aryl methyl sites for hydroxylation is 2. The van der Waals surface area contributed by atoms with Crippen LogP contribution in [0, 0.1) is 13.8 Å². The molecule has 0 saturated heterocycles. The maximum atomic E-state index is 12.6. The third-order valence-electron chi connectivity index (χ3n) is 6.13. The number of hydrogen-bond acceptors (Lipinski definition) is 10. The molecule has 5 aromatic rings. The number of methoxy groups -OCH3 is 1. The SMILES string of the molecule is COc1cnc2c(-c3nc4ccc5c(c4s3)OC[C@@H](OC(=O)N(C)c3cnc(C)nc3)O5)cc(C)cc2c1. The molecular weight excluding hydrogens is 506 g/mol. The Kier molecular flexibility index (Phi) is 5.91. The topological polar surface area (TPSA) is 109 Å². The minimum Gasteiger partial charge on any atom is -0.495 e. The number of anilines is 1. The van der Waals surface area contributed by atoms with Crippen LogP contribution in [-0.2, 0) is 4.74 Å². The van der Waals surface area contributed by atoms with E-state index < -0.39 is 12.4 Å². The fraction of sp³-hybridized carbons (Fsp3) is 0.222. The number of thiazole rings is 1. The van der Waals surface area contributed by atoms with E-state index in [2.05, 4.69) is 27.1 Å². The molecule has 0 unspecified atom stereocenters. The van der Waals surface area contributed by atoms with Gasteiger partial charge in [-0.2, -0.15) is 0 Å². The lowest BCUT2D eigenvalue weighted by Gasteiger charge is -2.27. The van der Waals surface area contributed by atoms with Gasteiger partial charge < -0.3 is 18.9 Å². The van der Waals surface area contributed by atoms with Gasteiger partial charge in [-0.1, -0.05) is 0 Å². The van der Waals surface area contributed by atoms with E-state index in [-0.39, 0.29) is 6.61 Å². The predicted molar refractivity (Wildman–Crippen MR) is 143 cm³/mol. The zero-order chi connectivity index (χ0) is 26.4. The quantitative estimate of drug-likeness (QED) is 0.306. The average molecular weight is 530 g/mol. The van der Waals surface area contributed by atoms with Crippen molar-refractivity contribution in [2.24, 2.45) is 0 Å². The molecular formula is C27H23N5O5S. The van der Waals surface area contributed by atoms with Crippen LogP contribution in [0.4, 0.5) is 10.5 Å². The van der Waals surface area contributed by atoms with Crippen molar-refractivity contribution < 1.29 is 23.7 Å². The molecule has 0 saturated carbocycles. The third-order valence-corrected chi connectivity index (χ3v) is 7.23. The minimum atomic E-state index is -0.909. The summed E-state index contributed by atoms with van der Waals surface area (Å²) in [5.41, 5.74) is 4.16. The van der Waals surface area contributed by atoms with E-state index in [0.29, 0.717) is 28.8 Å². The van der Waals surface area contributed by atoms with Crippen LogP contribution in [-0.4, -0.2) is 53.1 Å². The fourth-order valence-corrected chi connectivity index (χ4v) is 5.26. The molecule has 10 nitrogen and oxygen atoms in total. The third kappa shape index (κ3) is 4.30. The van der Waals surface area contributed by atoms with Crippen LogP contribution in [0.1, 0.15) is 11.4 Å². The number of hydrogen-bond donors (Lipinski definition) is 0. The van der Waals surface area contributed by atoms with Crippen LogP contribution in [0.25, 0.3) is 31.7 Å². The number of aromatic nitrogens is 4. The van der Waals surface area contributed by atoms with Gasteiger partial charge in [0, 0.05) is 18.0 Å². The predicted octanol–water partition coefficient (Wildman–Crippen LogP) is 5.30. The van der Waals surface area contributed by atoms with Gasteiger partial charge in [0.05, 0.1) is 42.4 Å². The monoisotopic (exact) mass is 529 g/mol. The number of nitrogens with zero attached hydrogens (tertiary/aromatic N) is 5. The van der Waals surface area contributed by atoms with Crippen LogP contribution < -0.4 is 19.1 Å². The molecule has 1 amide bonds. The average Bonchev–Trinajstić information content (AvgIpc) is 3.37. The number of carbonyl (C=O) groups excluding carboxylic acids is 1. The van der Waals surface area contributed by atoms with E-state index in [9.17, 15) is 4.79 Å². The highest BCUT2D eigenvalue weighted by Gasteiger charge is 2.29. The normalized spacial score (nSPS) is 14.5. The van der Waals surface area contributed by atoms with Crippen molar-refractivity contribution in [3.05, 3.63) is 60.3 Å². The Morgan fingerprint density at radius 2 is 1.92 bits per heavy atom. The zero-order valence-electron chi connectivity index (χ0n) is 21.1. The molecule has 1 aliphatic rings. The van der Waals surface area contributed by atoms with Crippen molar-refractivity contribution >= 4 is 44.2 Å². The van der Waals surface area contributed by atoms with Gasteiger partial charge in [0.1, 0.15) is 21.3 Å². The van der Waals surface area contributed by atoms with Crippen LogP contribution in [0.15, 0.2) is 48.9 Å². The van der Waals surface area contributed by atoms with Crippen molar-refractivity contribution in [1.82, 2.24) is 19.9 Å². The molecule has 0 bridgehead atoms. The standard InChI is InChI=1S/C27H23N5O5S/c1-14-7-16-9-18(34-4)12-30-23(16)19(8-14)26-31-20-5-6-21-24(25(20)38-26)35-13-22(36-21)37-27(33)32(3)17-10-28-15(2)29-11-17/h5-12,22H,13H2,1-4H3/t22-/m1/s1. The molecule has 0 fully saturated rings. The van der Waals surface area contributed by atoms with Crippen molar-refractivity contribution in [2.75, 3.05) is 25.7 Å². The van der Waals surface area contributed by atoms with E-state index in [1.54, 1.807) is 45.7 Å². The fourth-order valence-electron chi connectivity index (χ4n) is 4.19. The molecule has 0 N–H and O–H groups in total. The zero-order valence-corrected chi connectivity index (χ0v) is 21.9. The van der Waals surface area contributed by atoms with Crippen LogP contribution in [0.2, 0.25) is 0 Å². The number of benzene rings is 2. The van der Waals surface area contributed by atoms with E-state index in [4.69, 9.17) is 23.9 Å². The van der Waals surface area contributed by atoms with Gasteiger partial charge in [0.15, 0.2) is 18.1 Å². The van der Waals surface area contributed by atoms with Gasteiger partial charge in [-0.25, -0.2) is 19.7 Å². The molecule has 1 aliphatic heterocycles. The first-order valence-electron chi connectivity index (χ1n) is 11.8. The van der Waals surface area contributed by atoms with E-state index >= 15 is 0 Å². The highest BCUT2D eigenvalue weighted by atomic mass is 32.1. The number of carbonyl (C=O) groups is 1. The van der Waals surface area contributed by atoms with Crippen LogP contribution >= 0.6 is 11.3 Å². The molecule has 0 radical (unpaired) electrons. The van der Waals surface area contributed by atoms with E-state index in [0.717, 1.165) is 37.3 Å². The number of ether oxygens (including phenoxy) is 4. The Morgan fingerprint density at radius 1 is 1.11 bits per heavy atom. The molecule has 1 atom stereocenters. The summed E-state index contributed by atoms with van der Waals surface area (Å²) in [7, 11) is 3.21. The van der Waals surface area contributed by atoms with E-state index in [1.165, 1.54) is 16.2 Å². The summed E-state index contributed by atoms with van der Waals surface area (Å²) in [5, 5.41) is 1.80. The van der Waals surface area contributed by atoms with Gasteiger partial charge in [-0.15, -0.1) is 11.3 Å². The van der Waals surface area contributed by atoms with Crippen LogP contribution in [0.5, 0.6) is 17.2 Å². The molecule has 6 rings (SSSR count). The Morgan fingerprint density at radius 3 is 2.71 bits per heavy atom. The Hall–Kier alpha value is -4.51. The smallest absolute Gasteiger partial charge is 0.417 e. The maximum absolute atomic E-state index is 12.6. The first-order valence-corrected chi connectivity index (χ1v) is 12.6. The second-order valence-corrected chi connectivity index (χ2v) is 9.81. The summed E-state index contributed by atoms with van der Waals surface area (Å²) in [6.45, 7) is 3.85. The summed E-state index contributed by atoms with van der Waals surface area (Å²) in [5.74, 6) is 2.37.